The van der Waals surface area contributed by atoms with Crippen LogP contribution in [-0.2, 0) is 4.74 Å². The van der Waals surface area contributed by atoms with Crippen molar-refractivity contribution in [1.29, 1.82) is 0 Å². The third kappa shape index (κ3) is 14.8. The van der Waals surface area contributed by atoms with Gasteiger partial charge in [-0.1, -0.05) is 0 Å². The predicted molar refractivity (Wildman–Crippen MR) is 47.3 cm³/mol. The Bertz CT molecular complexity index is 110. The number of nitrogens with one attached hydrogen (secondary N) is 1. The van der Waals surface area contributed by atoms with Gasteiger partial charge in [0.15, 0.2) is 0 Å². The van der Waals surface area contributed by atoms with Crippen LogP contribution in [-0.4, -0.2) is 32.5 Å². The Morgan fingerprint density at radius 3 is 2.38 bits per heavy atom. The SMILES string of the molecule is CCOCCCNCC(F)(F)F.Cl. The molecule has 6 heteroatoms. The molecular formula is C7H15ClF3NO. The first-order valence-electron chi connectivity index (χ1n) is 3.91. The highest BCUT2D eigenvalue weighted by Crippen LogP contribution is 2.11. The molecule has 0 aromatic carbocycles. The molecule has 0 radical (unpaired) electrons. The molecule has 2 nitrogen and oxygen atoms in total. The number of rotatable bonds is 6. The van der Waals surface area contributed by atoms with Gasteiger partial charge in [-0.3, -0.25) is 0 Å². The molecule has 0 aliphatic carbocycles. The van der Waals surface area contributed by atoms with Gasteiger partial charge in [-0.25, -0.2) is 0 Å². The van der Waals surface area contributed by atoms with Crippen LogP contribution in [0.15, 0.2) is 0 Å². The lowest BCUT2D eigenvalue weighted by molar-refractivity contribution is -0.124. The van der Waals surface area contributed by atoms with Crippen molar-refractivity contribution in [2.45, 2.75) is 19.5 Å². The highest BCUT2D eigenvalue weighted by Gasteiger charge is 2.25. The van der Waals surface area contributed by atoms with Gasteiger partial charge in [0.25, 0.3) is 0 Å². The molecule has 1 N–H and O–H groups in total. The summed E-state index contributed by atoms with van der Waals surface area (Å²) in [6, 6.07) is 0. The summed E-state index contributed by atoms with van der Waals surface area (Å²) in [6.07, 6.45) is -3.49. The lowest BCUT2D eigenvalue weighted by Crippen LogP contribution is -2.29. The molecule has 0 amide bonds. The maximum atomic E-state index is 11.5. The molecule has 0 rings (SSSR count). The van der Waals surface area contributed by atoms with Crippen LogP contribution in [0.25, 0.3) is 0 Å². The van der Waals surface area contributed by atoms with Gasteiger partial charge in [-0.15, -0.1) is 12.4 Å². The van der Waals surface area contributed by atoms with Crippen LogP contribution < -0.4 is 5.32 Å². The predicted octanol–water partition coefficient (Wildman–Crippen LogP) is 1.99. The van der Waals surface area contributed by atoms with Crippen LogP contribution in [0.2, 0.25) is 0 Å². The second-order valence-corrected chi connectivity index (χ2v) is 2.34. The summed E-state index contributed by atoms with van der Waals surface area (Å²) in [5.74, 6) is 0. The smallest absolute Gasteiger partial charge is 0.382 e. The third-order valence-electron chi connectivity index (χ3n) is 1.17. The summed E-state index contributed by atoms with van der Waals surface area (Å²) in [6.45, 7) is 2.41. The first-order valence-corrected chi connectivity index (χ1v) is 3.91. The molecule has 0 aliphatic rings. The number of ether oxygens (including phenoxy) is 1. The van der Waals surface area contributed by atoms with E-state index in [1.54, 1.807) is 0 Å². The van der Waals surface area contributed by atoms with Crippen LogP contribution in [0.4, 0.5) is 13.2 Å². The minimum atomic E-state index is -4.11. The fraction of sp³-hybridized carbons (Fsp3) is 1.00. The van der Waals surface area contributed by atoms with Crippen molar-refractivity contribution in [2.24, 2.45) is 0 Å². The van der Waals surface area contributed by atoms with E-state index in [1.807, 2.05) is 6.92 Å². The van der Waals surface area contributed by atoms with Gasteiger partial charge in [-0.05, 0) is 19.9 Å². The van der Waals surface area contributed by atoms with Crippen molar-refractivity contribution in [3.63, 3.8) is 0 Å². The zero-order chi connectivity index (χ0) is 9.45. The monoisotopic (exact) mass is 221 g/mol. The standard InChI is InChI=1S/C7H14F3NO.ClH/c1-2-12-5-3-4-11-6-7(8,9)10;/h11H,2-6H2,1H3;1H. The highest BCUT2D eigenvalue weighted by molar-refractivity contribution is 5.85. The van der Waals surface area contributed by atoms with Crippen molar-refractivity contribution in [2.75, 3.05) is 26.3 Å². The van der Waals surface area contributed by atoms with E-state index >= 15 is 0 Å². The molecule has 0 bridgehead atoms. The van der Waals surface area contributed by atoms with Gasteiger partial charge in [-0.2, -0.15) is 13.2 Å². The molecule has 0 saturated carbocycles. The van der Waals surface area contributed by atoms with Crippen LogP contribution >= 0.6 is 12.4 Å². The number of hydrogen-bond donors (Lipinski definition) is 1. The Labute approximate surface area is 82.2 Å². The van der Waals surface area contributed by atoms with E-state index in [0.717, 1.165) is 0 Å². The largest absolute Gasteiger partial charge is 0.401 e. The van der Waals surface area contributed by atoms with E-state index in [9.17, 15) is 13.2 Å². The molecular weight excluding hydrogens is 207 g/mol. The molecule has 0 aliphatic heterocycles. The molecule has 0 saturated heterocycles. The molecule has 0 aromatic heterocycles. The maximum Gasteiger partial charge on any atom is 0.401 e. The second kappa shape index (κ2) is 8.59. The number of halogens is 4. The fourth-order valence-electron chi connectivity index (χ4n) is 0.674. The molecule has 0 atom stereocenters. The summed E-state index contributed by atoms with van der Waals surface area (Å²) < 4.78 is 39.6. The molecule has 0 spiro atoms. The van der Waals surface area contributed by atoms with Crippen molar-refractivity contribution in [3.05, 3.63) is 0 Å². The average Bonchev–Trinajstić information content (AvgIpc) is 1.94. The molecule has 0 fully saturated rings. The lowest BCUT2D eigenvalue weighted by Gasteiger charge is -2.07. The van der Waals surface area contributed by atoms with E-state index < -0.39 is 12.7 Å². The summed E-state index contributed by atoms with van der Waals surface area (Å²) in [5, 5.41) is 2.28. The van der Waals surface area contributed by atoms with Crippen molar-refractivity contribution < 1.29 is 17.9 Å². The number of alkyl halides is 3. The van der Waals surface area contributed by atoms with Crippen LogP contribution in [0.5, 0.6) is 0 Å². The Morgan fingerprint density at radius 2 is 1.92 bits per heavy atom. The summed E-state index contributed by atoms with van der Waals surface area (Å²) in [4.78, 5) is 0. The summed E-state index contributed by atoms with van der Waals surface area (Å²) in [5.41, 5.74) is 0. The van der Waals surface area contributed by atoms with E-state index in [0.29, 0.717) is 26.2 Å². The first-order chi connectivity index (χ1) is 5.56. The number of hydrogen-bond acceptors (Lipinski definition) is 2. The first kappa shape index (κ1) is 15.5. The van der Waals surface area contributed by atoms with Gasteiger partial charge < -0.3 is 10.1 Å². The maximum absolute atomic E-state index is 11.5. The van der Waals surface area contributed by atoms with Gasteiger partial charge >= 0.3 is 6.18 Å². The lowest BCUT2D eigenvalue weighted by atomic mass is 10.4. The topological polar surface area (TPSA) is 21.3 Å². The quantitative estimate of drug-likeness (QED) is 0.693. The van der Waals surface area contributed by atoms with Crippen LogP contribution in [0, 0.1) is 0 Å². The van der Waals surface area contributed by atoms with E-state index in [2.05, 4.69) is 5.32 Å². The van der Waals surface area contributed by atoms with E-state index in [1.165, 1.54) is 0 Å². The Morgan fingerprint density at radius 1 is 1.31 bits per heavy atom. The minimum Gasteiger partial charge on any atom is -0.382 e. The summed E-state index contributed by atoms with van der Waals surface area (Å²) >= 11 is 0. The molecule has 0 unspecified atom stereocenters. The minimum absolute atomic E-state index is 0. The van der Waals surface area contributed by atoms with E-state index in [-0.39, 0.29) is 12.4 Å². The molecule has 82 valence electrons. The second-order valence-electron chi connectivity index (χ2n) is 2.34. The van der Waals surface area contributed by atoms with Crippen LogP contribution in [0.3, 0.4) is 0 Å². The molecule has 0 heterocycles. The average molecular weight is 222 g/mol. The highest BCUT2D eigenvalue weighted by atomic mass is 35.5. The Hall–Kier alpha value is -0.0000000000000000555. The Kier molecular flexibility index (Phi) is 10.2. The van der Waals surface area contributed by atoms with E-state index in [4.69, 9.17) is 4.74 Å². The normalized spacial score (nSPS) is 11.1. The summed E-state index contributed by atoms with van der Waals surface area (Å²) in [7, 11) is 0. The Balaban J connectivity index is 0. The third-order valence-corrected chi connectivity index (χ3v) is 1.17. The molecule has 13 heavy (non-hydrogen) atoms. The van der Waals surface area contributed by atoms with Crippen molar-refractivity contribution >= 4 is 12.4 Å². The molecule has 0 aromatic rings. The van der Waals surface area contributed by atoms with Gasteiger partial charge in [0.05, 0.1) is 6.54 Å². The van der Waals surface area contributed by atoms with Crippen molar-refractivity contribution in [1.82, 2.24) is 5.32 Å². The van der Waals surface area contributed by atoms with Gasteiger partial charge in [0.1, 0.15) is 0 Å². The van der Waals surface area contributed by atoms with Gasteiger partial charge in [0.2, 0.25) is 0 Å². The van der Waals surface area contributed by atoms with Crippen LogP contribution in [0.1, 0.15) is 13.3 Å². The van der Waals surface area contributed by atoms with Gasteiger partial charge in [0, 0.05) is 13.2 Å². The fourth-order valence-corrected chi connectivity index (χ4v) is 0.674. The zero-order valence-electron chi connectivity index (χ0n) is 7.49. The van der Waals surface area contributed by atoms with Crippen molar-refractivity contribution in [3.8, 4) is 0 Å². The zero-order valence-corrected chi connectivity index (χ0v) is 8.30.